The summed E-state index contributed by atoms with van der Waals surface area (Å²) in [5.74, 6) is 2.08. The van der Waals surface area contributed by atoms with Crippen LogP contribution in [0.1, 0.15) is 23.4 Å². The molecule has 1 aromatic carbocycles. The summed E-state index contributed by atoms with van der Waals surface area (Å²) >= 11 is 0. The predicted octanol–water partition coefficient (Wildman–Crippen LogP) is 2.59. The van der Waals surface area contributed by atoms with E-state index in [4.69, 9.17) is 10.2 Å². The van der Waals surface area contributed by atoms with Crippen LogP contribution in [-0.2, 0) is 11.2 Å². The lowest BCUT2D eigenvalue weighted by Gasteiger charge is -2.20. The van der Waals surface area contributed by atoms with Gasteiger partial charge >= 0.3 is 0 Å². The molecule has 8 heteroatoms. The van der Waals surface area contributed by atoms with E-state index in [1.54, 1.807) is 0 Å². The molecule has 1 N–H and O–H groups in total. The van der Waals surface area contributed by atoms with Crippen molar-refractivity contribution < 1.29 is 4.79 Å². The van der Waals surface area contributed by atoms with Gasteiger partial charge in [-0.1, -0.05) is 12.6 Å². The molecule has 0 unspecified atom stereocenters. The van der Waals surface area contributed by atoms with Crippen molar-refractivity contribution in [2.75, 3.05) is 23.3 Å². The van der Waals surface area contributed by atoms with Crippen molar-refractivity contribution in [1.29, 1.82) is 5.26 Å². The van der Waals surface area contributed by atoms with E-state index < -0.39 is 0 Å². The molecule has 3 heterocycles. The Morgan fingerprint density at radius 3 is 2.90 bits per heavy atom. The van der Waals surface area contributed by atoms with Gasteiger partial charge < -0.3 is 10.2 Å². The van der Waals surface area contributed by atoms with E-state index in [1.807, 2.05) is 31.2 Å². The Bertz CT molecular complexity index is 1150. The van der Waals surface area contributed by atoms with Gasteiger partial charge in [-0.15, -0.1) is 0 Å². The lowest BCUT2D eigenvalue weighted by molar-refractivity contribution is -0.114. The molecule has 1 aliphatic heterocycles. The quantitative estimate of drug-likeness (QED) is 0.630. The average Bonchev–Trinajstić information content (AvgIpc) is 3.21. The molecule has 1 atom stereocenters. The molecule has 8 nitrogen and oxygen atoms in total. The van der Waals surface area contributed by atoms with E-state index in [-0.39, 0.29) is 11.8 Å². The van der Waals surface area contributed by atoms with Gasteiger partial charge in [0.25, 0.3) is 0 Å². The van der Waals surface area contributed by atoms with Crippen LogP contribution >= 0.6 is 0 Å². The number of nitrogens with zero attached hydrogens (tertiary/aromatic N) is 6. The molecule has 0 saturated carbocycles. The lowest BCUT2D eigenvalue weighted by atomic mass is 10.1. The Labute approximate surface area is 174 Å². The highest BCUT2D eigenvalue weighted by molar-refractivity contribution is 5.93. The summed E-state index contributed by atoms with van der Waals surface area (Å²) in [4.78, 5) is 31.6. The summed E-state index contributed by atoms with van der Waals surface area (Å²) < 4.78 is 0. The largest absolute Gasteiger partial charge is 0.354 e. The zero-order chi connectivity index (χ0) is 21.1. The average molecular weight is 399 g/mol. The van der Waals surface area contributed by atoms with Gasteiger partial charge in [0.2, 0.25) is 5.95 Å². The molecule has 0 amide bonds. The van der Waals surface area contributed by atoms with Crippen LogP contribution in [0.25, 0.3) is 10.9 Å². The molecule has 2 aromatic heterocycles. The van der Waals surface area contributed by atoms with Crippen molar-refractivity contribution in [1.82, 2.24) is 19.9 Å². The number of hydrogen-bond donors (Lipinski definition) is 1. The van der Waals surface area contributed by atoms with Crippen LogP contribution in [0.15, 0.2) is 43.2 Å². The summed E-state index contributed by atoms with van der Waals surface area (Å²) in [6.45, 7) is 7.01. The van der Waals surface area contributed by atoms with Crippen molar-refractivity contribution >= 4 is 28.5 Å². The Hall–Kier alpha value is -3.86. The second-order valence-corrected chi connectivity index (χ2v) is 7.28. The molecular formula is C22H21N7O. The van der Waals surface area contributed by atoms with E-state index >= 15 is 0 Å². The summed E-state index contributed by atoms with van der Waals surface area (Å²) in [6.07, 6.45) is 5.60. The van der Waals surface area contributed by atoms with Gasteiger partial charge in [-0.05, 0) is 37.1 Å². The van der Waals surface area contributed by atoms with Gasteiger partial charge in [-0.25, -0.2) is 19.9 Å². The first-order chi connectivity index (χ1) is 14.6. The third kappa shape index (κ3) is 4.10. The minimum Gasteiger partial charge on any atom is -0.354 e. The molecule has 0 bridgehead atoms. The van der Waals surface area contributed by atoms with Crippen LogP contribution in [0, 0.1) is 18.3 Å². The van der Waals surface area contributed by atoms with Crippen molar-refractivity contribution in [3.63, 3.8) is 0 Å². The summed E-state index contributed by atoms with van der Waals surface area (Å²) in [6, 6.07) is 8.07. The van der Waals surface area contributed by atoms with Gasteiger partial charge in [0.15, 0.2) is 5.78 Å². The van der Waals surface area contributed by atoms with Gasteiger partial charge in [0.1, 0.15) is 17.7 Å². The molecule has 0 aliphatic carbocycles. The highest BCUT2D eigenvalue weighted by Crippen LogP contribution is 2.28. The zero-order valence-electron chi connectivity index (χ0n) is 16.7. The SMILES string of the molecule is C=CC(=O)Cc1ccc2c(N3CC[C@@H](Nc4ncc(C#N)cn4)C3)nc(C)nc2c1. The lowest BCUT2D eigenvalue weighted by Crippen LogP contribution is -2.27. The summed E-state index contributed by atoms with van der Waals surface area (Å²) in [5, 5.41) is 13.2. The maximum Gasteiger partial charge on any atom is 0.222 e. The predicted molar refractivity (Wildman–Crippen MR) is 114 cm³/mol. The molecule has 4 rings (SSSR count). The molecular weight excluding hydrogens is 378 g/mol. The Balaban J connectivity index is 1.54. The molecule has 1 saturated heterocycles. The molecule has 0 radical (unpaired) electrons. The topological polar surface area (TPSA) is 108 Å². The van der Waals surface area contributed by atoms with Crippen molar-refractivity contribution in [2.24, 2.45) is 0 Å². The van der Waals surface area contributed by atoms with Crippen molar-refractivity contribution in [3.05, 3.63) is 60.2 Å². The standard InChI is InChI=1S/C22H21N7O/c1-3-18(30)8-15-4-5-19-20(9-15)26-14(2)27-21(19)29-7-6-17(13-29)28-22-24-11-16(10-23)12-25-22/h3-5,9,11-12,17H,1,6-8,13H2,2H3,(H,24,25,28)/t17-/m1/s1. The maximum atomic E-state index is 11.7. The normalized spacial score (nSPS) is 15.7. The molecule has 150 valence electrons. The minimum atomic E-state index is -0.0150. The number of aromatic nitrogens is 4. The fourth-order valence-electron chi connectivity index (χ4n) is 3.61. The number of carbonyl (C=O) groups excluding carboxylic acids is 1. The second kappa shape index (κ2) is 8.25. The van der Waals surface area contributed by atoms with Crippen LogP contribution in [0.5, 0.6) is 0 Å². The number of rotatable bonds is 6. The number of carbonyl (C=O) groups is 1. The minimum absolute atomic E-state index is 0.0150. The van der Waals surface area contributed by atoms with Gasteiger partial charge in [0.05, 0.1) is 23.5 Å². The van der Waals surface area contributed by atoms with Gasteiger partial charge in [-0.3, -0.25) is 4.79 Å². The van der Waals surface area contributed by atoms with Crippen LogP contribution < -0.4 is 10.2 Å². The molecule has 1 fully saturated rings. The number of benzene rings is 1. The number of anilines is 2. The highest BCUT2D eigenvalue weighted by Gasteiger charge is 2.26. The Morgan fingerprint density at radius 1 is 1.37 bits per heavy atom. The summed E-state index contributed by atoms with van der Waals surface area (Å²) in [5.41, 5.74) is 2.18. The molecule has 0 spiro atoms. The smallest absolute Gasteiger partial charge is 0.222 e. The fraction of sp³-hybridized carbons (Fsp3) is 0.273. The molecule has 30 heavy (non-hydrogen) atoms. The second-order valence-electron chi connectivity index (χ2n) is 7.28. The first-order valence-corrected chi connectivity index (χ1v) is 9.72. The number of fused-ring (bicyclic) bond motifs is 1. The van der Waals surface area contributed by atoms with E-state index in [1.165, 1.54) is 18.5 Å². The number of nitriles is 1. The summed E-state index contributed by atoms with van der Waals surface area (Å²) in [7, 11) is 0. The van der Waals surface area contributed by atoms with Gasteiger partial charge in [0, 0.05) is 30.9 Å². The number of nitrogens with one attached hydrogen (secondary N) is 1. The molecule has 3 aromatic rings. The van der Waals surface area contributed by atoms with Gasteiger partial charge in [-0.2, -0.15) is 5.26 Å². The monoisotopic (exact) mass is 399 g/mol. The van der Waals surface area contributed by atoms with Crippen LogP contribution in [0.2, 0.25) is 0 Å². The highest BCUT2D eigenvalue weighted by atomic mass is 16.1. The fourth-order valence-corrected chi connectivity index (χ4v) is 3.61. The Morgan fingerprint density at radius 2 is 2.17 bits per heavy atom. The molecule has 1 aliphatic rings. The number of aryl methyl sites for hydroxylation is 1. The first kappa shape index (κ1) is 19.5. The van der Waals surface area contributed by atoms with E-state index in [0.29, 0.717) is 23.8 Å². The maximum absolute atomic E-state index is 11.7. The Kier molecular flexibility index (Phi) is 5.35. The van der Waals surface area contributed by atoms with Crippen molar-refractivity contribution in [3.8, 4) is 6.07 Å². The van der Waals surface area contributed by atoms with E-state index in [9.17, 15) is 4.79 Å². The van der Waals surface area contributed by atoms with E-state index in [0.717, 1.165) is 41.8 Å². The number of ketones is 1. The number of allylic oxidation sites excluding steroid dienone is 1. The first-order valence-electron chi connectivity index (χ1n) is 9.72. The van der Waals surface area contributed by atoms with Crippen LogP contribution in [-0.4, -0.2) is 44.9 Å². The van der Waals surface area contributed by atoms with Crippen LogP contribution in [0.3, 0.4) is 0 Å². The zero-order valence-corrected chi connectivity index (χ0v) is 16.7. The van der Waals surface area contributed by atoms with Crippen LogP contribution in [0.4, 0.5) is 11.8 Å². The third-order valence-corrected chi connectivity index (χ3v) is 5.06. The third-order valence-electron chi connectivity index (χ3n) is 5.06. The van der Waals surface area contributed by atoms with Crippen molar-refractivity contribution in [2.45, 2.75) is 25.8 Å². The van der Waals surface area contributed by atoms with E-state index in [2.05, 4.69) is 31.7 Å². The number of hydrogen-bond acceptors (Lipinski definition) is 8.